The average Bonchev–Trinajstić information content (AvgIpc) is 2.65. The van der Waals surface area contributed by atoms with Crippen LogP contribution in [0.25, 0.3) is 0 Å². The maximum Gasteiger partial charge on any atom is 0.387 e. The lowest BCUT2D eigenvalue weighted by Gasteiger charge is -2.37. The van der Waals surface area contributed by atoms with Crippen molar-refractivity contribution in [1.29, 1.82) is 0 Å². The molecule has 5 heteroatoms. The Balaban J connectivity index is 1.56. The molecule has 0 spiro atoms. The van der Waals surface area contributed by atoms with E-state index >= 15 is 0 Å². The first-order chi connectivity index (χ1) is 13.0. The van der Waals surface area contributed by atoms with Gasteiger partial charge in [0, 0.05) is 0 Å². The summed E-state index contributed by atoms with van der Waals surface area (Å²) in [6.07, 6.45) is 13.5. The van der Waals surface area contributed by atoms with Crippen molar-refractivity contribution in [1.82, 2.24) is 0 Å². The van der Waals surface area contributed by atoms with Crippen LogP contribution in [-0.2, 0) is 0 Å². The molecule has 2 saturated carbocycles. The zero-order valence-corrected chi connectivity index (χ0v) is 15.8. The van der Waals surface area contributed by atoms with E-state index in [2.05, 4.69) is 23.8 Å². The molecule has 1 aromatic rings. The Morgan fingerprint density at radius 3 is 1.89 bits per heavy atom. The van der Waals surface area contributed by atoms with E-state index in [1.54, 1.807) is 0 Å². The molecule has 0 amide bonds. The van der Waals surface area contributed by atoms with Gasteiger partial charge < -0.3 is 4.74 Å². The van der Waals surface area contributed by atoms with Crippen LogP contribution in [0.4, 0.5) is 17.6 Å². The van der Waals surface area contributed by atoms with E-state index in [1.807, 2.05) is 0 Å². The van der Waals surface area contributed by atoms with E-state index in [1.165, 1.54) is 25.7 Å². The minimum Gasteiger partial charge on any atom is -0.429 e. The van der Waals surface area contributed by atoms with Crippen LogP contribution in [0.5, 0.6) is 5.75 Å². The zero-order chi connectivity index (χ0) is 19.4. The van der Waals surface area contributed by atoms with Crippen LogP contribution in [0.2, 0.25) is 0 Å². The Morgan fingerprint density at radius 1 is 0.889 bits per heavy atom. The summed E-state index contributed by atoms with van der Waals surface area (Å²) in [5, 5.41) is 0. The summed E-state index contributed by atoms with van der Waals surface area (Å²) in [5.41, 5.74) is 0.557. The standard InChI is InChI=1S/C22H28F4O/c1-2-3-14-4-6-15(7-5-14)16-8-10-17(11-9-16)18-12-19(23)21(20(24)13-18)27-22(25)26/h2-3,12-17,22H,4-11H2,1H3/b3-2+/t14-,15-,16-,17-. The predicted molar refractivity (Wildman–Crippen MR) is 98.0 cm³/mol. The fraction of sp³-hybridized carbons (Fsp3) is 0.636. The summed E-state index contributed by atoms with van der Waals surface area (Å²) in [4.78, 5) is 0. The maximum atomic E-state index is 14.0. The van der Waals surface area contributed by atoms with E-state index in [4.69, 9.17) is 0 Å². The van der Waals surface area contributed by atoms with Crippen molar-refractivity contribution in [2.24, 2.45) is 17.8 Å². The van der Waals surface area contributed by atoms with Gasteiger partial charge in [-0.1, -0.05) is 12.2 Å². The molecular weight excluding hydrogens is 356 g/mol. The number of hydrogen-bond acceptors (Lipinski definition) is 1. The van der Waals surface area contributed by atoms with Crippen LogP contribution in [0.15, 0.2) is 24.3 Å². The fourth-order valence-electron chi connectivity index (χ4n) is 5.02. The molecule has 2 aliphatic rings. The van der Waals surface area contributed by atoms with Crippen molar-refractivity contribution >= 4 is 0 Å². The van der Waals surface area contributed by atoms with Gasteiger partial charge in [0.2, 0.25) is 0 Å². The number of ether oxygens (including phenoxy) is 1. The lowest BCUT2D eigenvalue weighted by Crippen LogP contribution is -2.25. The largest absolute Gasteiger partial charge is 0.429 e. The highest BCUT2D eigenvalue weighted by atomic mass is 19.3. The number of rotatable bonds is 5. The van der Waals surface area contributed by atoms with Gasteiger partial charge in [0.1, 0.15) is 0 Å². The molecule has 0 aromatic heterocycles. The van der Waals surface area contributed by atoms with E-state index in [0.717, 1.165) is 49.7 Å². The zero-order valence-electron chi connectivity index (χ0n) is 15.8. The lowest BCUT2D eigenvalue weighted by atomic mass is 9.68. The van der Waals surface area contributed by atoms with Gasteiger partial charge in [-0.05, 0) is 99.7 Å². The molecule has 3 rings (SSSR count). The molecule has 0 unspecified atom stereocenters. The van der Waals surface area contributed by atoms with Crippen molar-refractivity contribution in [2.45, 2.75) is 70.8 Å². The fourth-order valence-corrected chi connectivity index (χ4v) is 5.02. The second kappa shape index (κ2) is 9.11. The van der Waals surface area contributed by atoms with Gasteiger partial charge in [0.25, 0.3) is 0 Å². The molecule has 2 aliphatic carbocycles. The van der Waals surface area contributed by atoms with E-state index in [9.17, 15) is 17.6 Å². The van der Waals surface area contributed by atoms with Crippen LogP contribution in [0.3, 0.4) is 0 Å². The number of benzene rings is 1. The molecule has 0 saturated heterocycles. The Hall–Kier alpha value is -1.52. The van der Waals surface area contributed by atoms with Crippen LogP contribution < -0.4 is 4.74 Å². The quantitative estimate of drug-likeness (QED) is 0.384. The molecule has 0 N–H and O–H groups in total. The van der Waals surface area contributed by atoms with Gasteiger partial charge >= 0.3 is 6.61 Å². The molecule has 1 aromatic carbocycles. The molecule has 1 nitrogen and oxygen atoms in total. The van der Waals surface area contributed by atoms with Crippen LogP contribution in [0, 0.1) is 29.4 Å². The third-order valence-electron chi connectivity index (χ3n) is 6.42. The molecule has 150 valence electrons. The van der Waals surface area contributed by atoms with E-state index < -0.39 is 24.0 Å². The second-order valence-electron chi connectivity index (χ2n) is 8.00. The van der Waals surface area contributed by atoms with Gasteiger partial charge in [-0.2, -0.15) is 8.78 Å². The molecule has 0 heterocycles. The summed E-state index contributed by atoms with van der Waals surface area (Å²) in [7, 11) is 0. The first-order valence-electron chi connectivity index (χ1n) is 10.0. The minimum atomic E-state index is -3.24. The normalized spacial score (nSPS) is 29.4. The number of halogens is 4. The Labute approximate surface area is 158 Å². The summed E-state index contributed by atoms with van der Waals surface area (Å²) in [5.74, 6) is -0.802. The van der Waals surface area contributed by atoms with Crippen LogP contribution in [0.1, 0.15) is 69.8 Å². The number of allylic oxidation sites excluding steroid dienone is 2. The summed E-state index contributed by atoms with van der Waals surface area (Å²) >= 11 is 0. The average molecular weight is 384 g/mol. The van der Waals surface area contributed by atoms with Gasteiger partial charge in [-0.15, -0.1) is 0 Å². The third-order valence-corrected chi connectivity index (χ3v) is 6.42. The Kier molecular flexibility index (Phi) is 6.83. The van der Waals surface area contributed by atoms with E-state index in [0.29, 0.717) is 11.5 Å². The molecule has 0 aliphatic heterocycles. The monoisotopic (exact) mass is 384 g/mol. The number of alkyl halides is 2. The molecule has 0 bridgehead atoms. The molecule has 2 fully saturated rings. The smallest absolute Gasteiger partial charge is 0.387 e. The maximum absolute atomic E-state index is 14.0. The topological polar surface area (TPSA) is 9.23 Å². The molecular formula is C22H28F4O. The molecule has 27 heavy (non-hydrogen) atoms. The highest BCUT2D eigenvalue weighted by Crippen LogP contribution is 2.44. The summed E-state index contributed by atoms with van der Waals surface area (Å²) < 4.78 is 56.5. The van der Waals surface area contributed by atoms with Crippen LogP contribution >= 0.6 is 0 Å². The lowest BCUT2D eigenvalue weighted by molar-refractivity contribution is -0.0546. The van der Waals surface area contributed by atoms with E-state index in [-0.39, 0.29) is 5.92 Å². The van der Waals surface area contributed by atoms with Crippen molar-refractivity contribution in [3.05, 3.63) is 41.5 Å². The minimum absolute atomic E-state index is 0.0882. The van der Waals surface area contributed by atoms with Crippen molar-refractivity contribution in [3.63, 3.8) is 0 Å². The van der Waals surface area contributed by atoms with Crippen molar-refractivity contribution in [3.8, 4) is 5.75 Å². The predicted octanol–water partition coefficient (Wildman–Crippen LogP) is 7.22. The van der Waals surface area contributed by atoms with Gasteiger partial charge in [-0.25, -0.2) is 8.78 Å². The summed E-state index contributed by atoms with van der Waals surface area (Å²) in [6, 6.07) is 2.32. The highest BCUT2D eigenvalue weighted by molar-refractivity contribution is 5.33. The van der Waals surface area contributed by atoms with Gasteiger partial charge in [0.15, 0.2) is 17.4 Å². The van der Waals surface area contributed by atoms with Crippen LogP contribution in [-0.4, -0.2) is 6.61 Å². The molecule has 0 radical (unpaired) electrons. The second-order valence-corrected chi connectivity index (χ2v) is 8.00. The van der Waals surface area contributed by atoms with Gasteiger partial charge in [-0.3, -0.25) is 0 Å². The highest BCUT2D eigenvalue weighted by Gasteiger charge is 2.31. The van der Waals surface area contributed by atoms with Crippen molar-refractivity contribution in [2.75, 3.05) is 0 Å². The Bertz CT molecular complexity index is 619. The van der Waals surface area contributed by atoms with Gasteiger partial charge in [0.05, 0.1) is 0 Å². The Morgan fingerprint density at radius 2 is 1.41 bits per heavy atom. The summed E-state index contributed by atoms with van der Waals surface area (Å²) in [6.45, 7) is -1.16. The first kappa shape index (κ1) is 20.2. The third kappa shape index (κ3) is 5.05. The molecule has 0 atom stereocenters. The SMILES string of the molecule is C/C=C/[C@H]1CC[C@H]([C@H]2CC[C@H](c3cc(F)c(OC(F)F)c(F)c3)CC2)CC1. The first-order valence-corrected chi connectivity index (χ1v) is 10.0. The van der Waals surface area contributed by atoms with Crippen molar-refractivity contribution < 1.29 is 22.3 Å². The number of hydrogen-bond donors (Lipinski definition) is 0.